The van der Waals surface area contributed by atoms with Gasteiger partial charge in [0.2, 0.25) is 5.91 Å². The van der Waals surface area contributed by atoms with Crippen molar-refractivity contribution < 1.29 is 48.5 Å². The molecule has 3 heterocycles. The van der Waals surface area contributed by atoms with Gasteiger partial charge in [-0.05, 0) is 25.5 Å². The van der Waals surface area contributed by atoms with Crippen LogP contribution in [0.1, 0.15) is 21.1 Å². The minimum absolute atomic E-state index is 0.0442. The van der Waals surface area contributed by atoms with E-state index in [9.17, 15) is 9.59 Å². The van der Waals surface area contributed by atoms with Crippen molar-refractivity contribution in [2.24, 2.45) is 0 Å². The zero-order valence-electron chi connectivity index (χ0n) is 33.6. The lowest BCUT2D eigenvalue weighted by molar-refractivity contribution is -0.374. The average Bonchev–Trinajstić information content (AvgIpc) is 3.68. The van der Waals surface area contributed by atoms with E-state index in [0.29, 0.717) is 164 Å². The normalized spacial score (nSPS) is 13.2. The molecule has 2 amide bonds. The van der Waals surface area contributed by atoms with Gasteiger partial charge in [0.05, 0.1) is 122 Å². The first kappa shape index (κ1) is 47.1. The topological polar surface area (TPSA) is 208 Å². The first-order valence-corrected chi connectivity index (χ1v) is 20.7. The average molecular weight is 853 g/mol. The molecule has 1 aliphatic heterocycles. The minimum atomic E-state index is -0.293. The highest BCUT2D eigenvalue weighted by molar-refractivity contribution is 7.17. The predicted octanol–water partition coefficient (Wildman–Crippen LogP) is 1.80. The van der Waals surface area contributed by atoms with Gasteiger partial charge >= 0.3 is 0 Å². The molecule has 0 atom stereocenters. The third-order valence-corrected chi connectivity index (χ3v) is 9.63. The third-order valence-electron chi connectivity index (χ3n) is 8.40. The van der Waals surface area contributed by atoms with E-state index in [1.807, 2.05) is 32.0 Å². The van der Waals surface area contributed by atoms with Crippen LogP contribution in [0.5, 0.6) is 0 Å². The largest absolute Gasteiger partial charge is 0.377 e. The van der Waals surface area contributed by atoms with Gasteiger partial charge in [-0.15, -0.1) is 0 Å². The minimum Gasteiger partial charge on any atom is -0.377 e. The number of carbonyl (C=O) groups is 2. The van der Waals surface area contributed by atoms with E-state index in [0.717, 1.165) is 17.9 Å². The summed E-state index contributed by atoms with van der Waals surface area (Å²) in [5.41, 5.74) is 5.16. The SMILES string of the molecule is Cc1nc(Nc2ncc(C(=O)Nc3c(C)cccc3Cl)s2)cc(N2CCN(CC(=O)NCCOCCOCCOCCOCCOCCOCCOCC[NH3+])CC2)n1. The number of aromatic nitrogens is 3. The van der Waals surface area contributed by atoms with Gasteiger partial charge in [0, 0.05) is 38.8 Å². The molecular formula is C38H59ClN9O9S+. The number of piperazine rings is 1. The highest BCUT2D eigenvalue weighted by atomic mass is 35.5. The van der Waals surface area contributed by atoms with Gasteiger partial charge in [0.15, 0.2) is 5.13 Å². The molecule has 1 aliphatic rings. The molecule has 1 fully saturated rings. The maximum atomic E-state index is 12.9. The van der Waals surface area contributed by atoms with Crippen molar-refractivity contribution in [3.05, 3.63) is 51.7 Å². The van der Waals surface area contributed by atoms with Crippen LogP contribution in [0.15, 0.2) is 30.5 Å². The summed E-state index contributed by atoms with van der Waals surface area (Å²) in [6.07, 6.45) is 1.52. The van der Waals surface area contributed by atoms with Crippen molar-refractivity contribution >= 4 is 57.2 Å². The van der Waals surface area contributed by atoms with Crippen molar-refractivity contribution in [3.8, 4) is 0 Å². The maximum absolute atomic E-state index is 12.9. The van der Waals surface area contributed by atoms with E-state index in [4.69, 9.17) is 44.8 Å². The Balaban J connectivity index is 0.974. The zero-order chi connectivity index (χ0) is 41.2. The number of halogens is 1. The van der Waals surface area contributed by atoms with Gasteiger partial charge in [0.25, 0.3) is 5.91 Å². The van der Waals surface area contributed by atoms with Crippen molar-refractivity contribution in [2.75, 3.05) is 154 Å². The summed E-state index contributed by atoms with van der Waals surface area (Å²) in [6.45, 7) is 15.1. The second kappa shape index (κ2) is 28.0. The van der Waals surface area contributed by atoms with Crippen LogP contribution in [-0.2, 0) is 38.0 Å². The number of hydrogen-bond acceptors (Lipinski definition) is 16. The van der Waals surface area contributed by atoms with Crippen molar-refractivity contribution in [2.45, 2.75) is 13.8 Å². The molecule has 3 aromatic rings. The number of para-hydroxylation sites is 1. The molecule has 2 aromatic heterocycles. The third kappa shape index (κ3) is 18.5. The smallest absolute Gasteiger partial charge is 0.267 e. The second-order valence-corrected chi connectivity index (χ2v) is 14.4. The molecular weight excluding hydrogens is 794 g/mol. The Morgan fingerprint density at radius 3 is 1.93 bits per heavy atom. The Hall–Kier alpha value is -3.60. The molecule has 4 rings (SSSR count). The summed E-state index contributed by atoms with van der Waals surface area (Å²) >= 11 is 7.49. The molecule has 0 bridgehead atoms. The van der Waals surface area contributed by atoms with Crippen LogP contribution >= 0.6 is 22.9 Å². The Morgan fingerprint density at radius 1 is 0.793 bits per heavy atom. The number of quaternary nitrogens is 1. The Morgan fingerprint density at radius 2 is 1.36 bits per heavy atom. The van der Waals surface area contributed by atoms with Crippen LogP contribution in [0.4, 0.5) is 22.5 Å². The maximum Gasteiger partial charge on any atom is 0.267 e. The number of aryl methyl sites for hydroxylation is 2. The number of amides is 2. The van der Waals surface area contributed by atoms with Gasteiger partial charge in [0.1, 0.15) is 22.3 Å². The summed E-state index contributed by atoms with van der Waals surface area (Å²) in [7, 11) is 0. The molecule has 6 N–H and O–H groups in total. The molecule has 0 radical (unpaired) electrons. The number of benzene rings is 1. The number of carbonyl (C=O) groups excluding carboxylic acids is 2. The highest BCUT2D eigenvalue weighted by Gasteiger charge is 2.21. The molecule has 18 nitrogen and oxygen atoms in total. The van der Waals surface area contributed by atoms with E-state index in [-0.39, 0.29) is 11.8 Å². The highest BCUT2D eigenvalue weighted by Crippen LogP contribution is 2.28. The second-order valence-electron chi connectivity index (χ2n) is 13.0. The van der Waals surface area contributed by atoms with E-state index in [1.165, 1.54) is 17.5 Å². The zero-order valence-corrected chi connectivity index (χ0v) is 35.2. The molecule has 0 unspecified atom stereocenters. The van der Waals surface area contributed by atoms with Crippen LogP contribution in [0.25, 0.3) is 0 Å². The van der Waals surface area contributed by atoms with Crippen molar-refractivity contribution in [1.29, 1.82) is 0 Å². The Kier molecular flexibility index (Phi) is 22.7. The molecule has 0 spiro atoms. The van der Waals surface area contributed by atoms with Crippen LogP contribution in [0.3, 0.4) is 0 Å². The van der Waals surface area contributed by atoms with Gasteiger partial charge in [-0.2, -0.15) is 0 Å². The molecule has 20 heteroatoms. The molecule has 0 saturated carbocycles. The number of nitrogens with zero attached hydrogens (tertiary/aromatic N) is 5. The van der Waals surface area contributed by atoms with Gasteiger partial charge < -0.3 is 59.7 Å². The standard InChI is InChI=1S/C38H58ClN9O9S/c1-29-4-3-5-31(39)36(29)46-37(50)32-27-42-38(58-32)45-33-26-34(44-30(2)43-33)48-10-8-47(9-11-48)28-35(49)41-7-13-52-15-17-54-19-21-56-23-25-57-24-22-55-20-18-53-16-14-51-12-6-40/h3-5,26-27H,6-25,28,40H2,1-2H3,(H,41,49)(H,46,50)(H,42,43,44,45)/p+1. The lowest BCUT2D eigenvalue weighted by Crippen LogP contribution is -2.52. The summed E-state index contributed by atoms with van der Waals surface area (Å²) < 4.78 is 38.2. The summed E-state index contributed by atoms with van der Waals surface area (Å²) in [4.78, 5) is 43.7. The molecule has 58 heavy (non-hydrogen) atoms. The van der Waals surface area contributed by atoms with E-state index >= 15 is 0 Å². The molecule has 0 aliphatic carbocycles. The number of hydrogen-bond donors (Lipinski definition) is 4. The molecule has 1 saturated heterocycles. The number of ether oxygens (including phenoxy) is 7. The first-order chi connectivity index (χ1) is 28.3. The van der Waals surface area contributed by atoms with E-state index in [1.54, 1.807) is 6.07 Å². The predicted molar refractivity (Wildman–Crippen MR) is 221 cm³/mol. The number of rotatable bonds is 30. The quantitative estimate of drug-likeness (QED) is 0.0706. The van der Waals surface area contributed by atoms with Gasteiger partial charge in [-0.3, -0.25) is 14.5 Å². The Labute approximate surface area is 349 Å². The fourth-order valence-corrected chi connectivity index (χ4v) is 6.46. The van der Waals surface area contributed by atoms with Crippen LogP contribution in [-0.4, -0.2) is 170 Å². The summed E-state index contributed by atoms with van der Waals surface area (Å²) in [5.74, 6) is 1.62. The fraction of sp³-hybridized carbons (Fsp3) is 0.605. The summed E-state index contributed by atoms with van der Waals surface area (Å²) in [5, 5.41) is 10.0. The lowest BCUT2D eigenvalue weighted by atomic mass is 10.2. The monoisotopic (exact) mass is 852 g/mol. The van der Waals surface area contributed by atoms with Crippen molar-refractivity contribution in [3.63, 3.8) is 0 Å². The van der Waals surface area contributed by atoms with Crippen LogP contribution in [0, 0.1) is 13.8 Å². The molecule has 322 valence electrons. The molecule has 1 aromatic carbocycles. The van der Waals surface area contributed by atoms with Gasteiger partial charge in [-0.25, -0.2) is 15.0 Å². The van der Waals surface area contributed by atoms with Gasteiger partial charge in [-0.1, -0.05) is 35.1 Å². The van der Waals surface area contributed by atoms with E-state index < -0.39 is 0 Å². The van der Waals surface area contributed by atoms with Crippen LogP contribution < -0.4 is 26.6 Å². The lowest BCUT2D eigenvalue weighted by Gasteiger charge is -2.35. The first-order valence-electron chi connectivity index (χ1n) is 19.5. The fourth-order valence-electron chi connectivity index (χ4n) is 5.47. The number of nitrogens with one attached hydrogen (secondary N) is 3. The number of anilines is 4. The number of thiazole rings is 1. The van der Waals surface area contributed by atoms with Crippen LogP contribution in [0.2, 0.25) is 5.02 Å². The Bertz CT molecular complexity index is 1620. The van der Waals surface area contributed by atoms with E-state index in [2.05, 4.69) is 46.4 Å². The van der Waals surface area contributed by atoms with Crippen molar-refractivity contribution in [1.82, 2.24) is 25.2 Å². The summed E-state index contributed by atoms with van der Waals surface area (Å²) in [6, 6.07) is 7.32.